The highest BCUT2D eigenvalue weighted by Crippen LogP contribution is 2.29. The van der Waals surface area contributed by atoms with Crippen LogP contribution in [-0.2, 0) is 0 Å². The van der Waals surface area contributed by atoms with Crippen LogP contribution >= 0.6 is 0 Å². The van der Waals surface area contributed by atoms with Gasteiger partial charge in [0.1, 0.15) is 0 Å². The van der Waals surface area contributed by atoms with Gasteiger partial charge in [0.25, 0.3) is 0 Å². The molecule has 0 spiro atoms. The van der Waals surface area contributed by atoms with Crippen molar-refractivity contribution in [1.82, 2.24) is 0 Å². The van der Waals surface area contributed by atoms with Crippen LogP contribution in [0, 0.1) is 0 Å². The second-order valence-electron chi connectivity index (χ2n) is 4.06. The smallest absolute Gasteiger partial charge is 0.193 e. The SMILES string of the molecule is C=C(C(=O)c1ccccc1)c1ccc(O)c(OC)c1. The Labute approximate surface area is 111 Å². The van der Waals surface area contributed by atoms with Crippen molar-refractivity contribution in [3.63, 3.8) is 0 Å². The molecule has 0 bridgehead atoms. The minimum absolute atomic E-state index is 0.0335. The number of hydrogen-bond donors (Lipinski definition) is 1. The second-order valence-corrected chi connectivity index (χ2v) is 4.06. The molecule has 1 N–H and O–H groups in total. The molecule has 0 radical (unpaired) electrons. The number of phenolic OH excluding ortho intramolecular Hbond substituents is 1. The first-order valence-electron chi connectivity index (χ1n) is 5.79. The van der Waals surface area contributed by atoms with E-state index in [1.807, 2.05) is 6.07 Å². The van der Waals surface area contributed by atoms with E-state index in [9.17, 15) is 9.90 Å². The molecule has 2 aromatic carbocycles. The fourth-order valence-corrected chi connectivity index (χ4v) is 1.76. The Morgan fingerprint density at radius 1 is 1.11 bits per heavy atom. The first-order valence-corrected chi connectivity index (χ1v) is 5.79. The number of allylic oxidation sites excluding steroid dienone is 1. The fraction of sp³-hybridized carbons (Fsp3) is 0.0625. The zero-order valence-corrected chi connectivity index (χ0v) is 10.6. The molecule has 3 nitrogen and oxygen atoms in total. The third-order valence-electron chi connectivity index (χ3n) is 2.84. The van der Waals surface area contributed by atoms with Gasteiger partial charge in [-0.15, -0.1) is 0 Å². The molecule has 0 saturated carbocycles. The molecule has 0 aliphatic heterocycles. The van der Waals surface area contributed by atoms with Crippen LogP contribution < -0.4 is 4.74 Å². The molecule has 2 rings (SSSR count). The van der Waals surface area contributed by atoms with Crippen LogP contribution in [0.2, 0.25) is 0 Å². The molecule has 0 atom stereocenters. The molecule has 0 aromatic heterocycles. The molecular formula is C16H14O3. The van der Waals surface area contributed by atoms with E-state index in [0.29, 0.717) is 22.4 Å². The number of rotatable bonds is 4. The first-order chi connectivity index (χ1) is 9.13. The van der Waals surface area contributed by atoms with Crippen LogP contribution in [0.3, 0.4) is 0 Å². The van der Waals surface area contributed by atoms with Crippen molar-refractivity contribution >= 4 is 11.4 Å². The van der Waals surface area contributed by atoms with E-state index < -0.39 is 0 Å². The van der Waals surface area contributed by atoms with Crippen LogP contribution in [0.4, 0.5) is 0 Å². The number of phenols is 1. The molecule has 0 heterocycles. The summed E-state index contributed by atoms with van der Waals surface area (Å²) in [5, 5.41) is 9.53. The van der Waals surface area contributed by atoms with Crippen molar-refractivity contribution < 1.29 is 14.6 Å². The fourth-order valence-electron chi connectivity index (χ4n) is 1.76. The number of carbonyl (C=O) groups is 1. The normalized spacial score (nSPS) is 9.95. The van der Waals surface area contributed by atoms with Crippen LogP contribution in [0.15, 0.2) is 55.1 Å². The molecule has 0 fully saturated rings. The van der Waals surface area contributed by atoms with Gasteiger partial charge in [-0.3, -0.25) is 4.79 Å². The van der Waals surface area contributed by atoms with Crippen LogP contribution in [0.1, 0.15) is 15.9 Å². The Balaban J connectivity index is 2.32. The molecule has 0 saturated heterocycles. The Morgan fingerprint density at radius 2 is 1.79 bits per heavy atom. The average molecular weight is 254 g/mol. The second kappa shape index (κ2) is 5.40. The van der Waals surface area contributed by atoms with Gasteiger partial charge in [-0.05, 0) is 17.7 Å². The molecule has 0 aliphatic rings. The zero-order chi connectivity index (χ0) is 13.8. The number of hydrogen-bond acceptors (Lipinski definition) is 3. The predicted molar refractivity (Wildman–Crippen MR) is 74.5 cm³/mol. The van der Waals surface area contributed by atoms with Crippen molar-refractivity contribution in [2.75, 3.05) is 7.11 Å². The van der Waals surface area contributed by atoms with Gasteiger partial charge in [0.2, 0.25) is 0 Å². The summed E-state index contributed by atoms with van der Waals surface area (Å²) in [5.74, 6) is 0.207. The Bertz CT molecular complexity index is 615. The highest BCUT2D eigenvalue weighted by atomic mass is 16.5. The van der Waals surface area contributed by atoms with Crippen molar-refractivity contribution in [2.24, 2.45) is 0 Å². The van der Waals surface area contributed by atoms with E-state index in [1.54, 1.807) is 36.4 Å². The lowest BCUT2D eigenvalue weighted by atomic mass is 9.98. The third-order valence-corrected chi connectivity index (χ3v) is 2.84. The van der Waals surface area contributed by atoms with Crippen molar-refractivity contribution in [2.45, 2.75) is 0 Å². The molecule has 0 aliphatic carbocycles. The zero-order valence-electron chi connectivity index (χ0n) is 10.6. The van der Waals surface area contributed by atoms with Crippen molar-refractivity contribution in [3.8, 4) is 11.5 Å². The van der Waals surface area contributed by atoms with Gasteiger partial charge < -0.3 is 9.84 Å². The topological polar surface area (TPSA) is 46.5 Å². The number of carbonyl (C=O) groups excluding carboxylic acids is 1. The number of aromatic hydroxyl groups is 1. The van der Waals surface area contributed by atoms with Crippen molar-refractivity contribution in [1.29, 1.82) is 0 Å². The van der Waals surface area contributed by atoms with Gasteiger partial charge in [0.15, 0.2) is 17.3 Å². The summed E-state index contributed by atoms with van der Waals surface area (Å²) in [6.45, 7) is 3.82. The van der Waals surface area contributed by atoms with E-state index in [0.717, 1.165) is 0 Å². The van der Waals surface area contributed by atoms with Crippen LogP contribution in [0.25, 0.3) is 5.57 Å². The van der Waals surface area contributed by atoms with Crippen LogP contribution in [-0.4, -0.2) is 18.0 Å². The summed E-state index contributed by atoms with van der Waals surface area (Å²) in [7, 11) is 1.46. The molecule has 2 aromatic rings. The number of ketones is 1. The van der Waals surface area contributed by atoms with Gasteiger partial charge in [-0.1, -0.05) is 43.0 Å². The van der Waals surface area contributed by atoms with E-state index in [2.05, 4.69) is 6.58 Å². The lowest BCUT2D eigenvalue weighted by Gasteiger charge is -2.08. The Hall–Kier alpha value is -2.55. The molecule has 0 amide bonds. The summed E-state index contributed by atoms with van der Waals surface area (Å²) in [5.41, 5.74) is 1.58. The van der Waals surface area contributed by atoms with Gasteiger partial charge >= 0.3 is 0 Å². The van der Waals surface area contributed by atoms with Gasteiger partial charge in [-0.25, -0.2) is 0 Å². The highest BCUT2D eigenvalue weighted by Gasteiger charge is 2.13. The highest BCUT2D eigenvalue weighted by molar-refractivity contribution is 6.28. The number of methoxy groups -OCH3 is 1. The summed E-state index contributed by atoms with van der Waals surface area (Å²) >= 11 is 0. The maximum Gasteiger partial charge on any atom is 0.193 e. The van der Waals surface area contributed by atoms with E-state index in [-0.39, 0.29) is 11.5 Å². The number of Topliss-reactive ketones (excluding diaryl/α,β-unsaturated/α-hetero) is 1. The summed E-state index contributed by atoms with van der Waals surface area (Å²) in [6.07, 6.45) is 0. The van der Waals surface area contributed by atoms with Gasteiger partial charge in [0.05, 0.1) is 7.11 Å². The summed E-state index contributed by atoms with van der Waals surface area (Å²) in [4.78, 5) is 12.2. The lowest BCUT2D eigenvalue weighted by molar-refractivity contribution is 0.105. The average Bonchev–Trinajstić information content (AvgIpc) is 2.47. The van der Waals surface area contributed by atoms with Gasteiger partial charge in [-0.2, -0.15) is 0 Å². The van der Waals surface area contributed by atoms with E-state index >= 15 is 0 Å². The Kier molecular flexibility index (Phi) is 3.66. The standard InChI is InChI=1S/C16H14O3/c1-11(16(18)12-6-4-3-5-7-12)13-8-9-14(17)15(10-13)19-2/h3-10,17H,1H2,2H3. The third kappa shape index (κ3) is 2.65. The minimum atomic E-state index is -0.145. The maximum absolute atomic E-state index is 12.2. The molecule has 0 unspecified atom stereocenters. The van der Waals surface area contributed by atoms with E-state index in [4.69, 9.17) is 4.74 Å². The quantitative estimate of drug-likeness (QED) is 0.672. The summed E-state index contributed by atoms with van der Waals surface area (Å²) in [6, 6.07) is 13.7. The van der Waals surface area contributed by atoms with Crippen LogP contribution in [0.5, 0.6) is 11.5 Å². The monoisotopic (exact) mass is 254 g/mol. The first kappa shape index (κ1) is 12.9. The molecular weight excluding hydrogens is 240 g/mol. The van der Waals surface area contributed by atoms with E-state index in [1.165, 1.54) is 13.2 Å². The molecule has 96 valence electrons. The van der Waals surface area contributed by atoms with Gasteiger partial charge in [0, 0.05) is 11.1 Å². The number of ether oxygens (including phenoxy) is 1. The van der Waals surface area contributed by atoms with Crippen molar-refractivity contribution in [3.05, 3.63) is 66.2 Å². The minimum Gasteiger partial charge on any atom is -0.504 e. The molecule has 19 heavy (non-hydrogen) atoms. The maximum atomic E-state index is 12.2. The largest absolute Gasteiger partial charge is 0.504 e. The lowest BCUT2D eigenvalue weighted by Crippen LogP contribution is -2.01. The summed E-state index contributed by atoms with van der Waals surface area (Å²) < 4.78 is 5.02. The molecule has 3 heteroatoms. The Morgan fingerprint density at radius 3 is 2.42 bits per heavy atom. The number of benzene rings is 2. The predicted octanol–water partition coefficient (Wildman–Crippen LogP) is 3.30.